The van der Waals surface area contributed by atoms with Crippen molar-refractivity contribution in [3.05, 3.63) is 76.9 Å². The van der Waals surface area contributed by atoms with Crippen molar-refractivity contribution >= 4 is 23.9 Å². The van der Waals surface area contributed by atoms with E-state index in [1.165, 1.54) is 24.0 Å². The van der Waals surface area contributed by atoms with Crippen LogP contribution in [-0.4, -0.2) is 42.4 Å². The smallest absolute Gasteiger partial charge is 0.309 e. The van der Waals surface area contributed by atoms with Crippen LogP contribution in [0.4, 0.5) is 0 Å². The molecule has 0 radical (unpaired) electrons. The van der Waals surface area contributed by atoms with Gasteiger partial charge in [0.2, 0.25) is 5.91 Å². The second kappa shape index (κ2) is 11.8. The van der Waals surface area contributed by atoms with Gasteiger partial charge in [0.15, 0.2) is 6.61 Å². The molecule has 1 saturated heterocycles. The molecule has 2 aliphatic rings. The van der Waals surface area contributed by atoms with Crippen molar-refractivity contribution in [3.8, 4) is 0 Å². The van der Waals surface area contributed by atoms with E-state index in [0.717, 1.165) is 24.0 Å². The van der Waals surface area contributed by atoms with Crippen LogP contribution < -0.4 is 5.32 Å². The van der Waals surface area contributed by atoms with Gasteiger partial charge < -0.3 is 15.0 Å². The van der Waals surface area contributed by atoms with Gasteiger partial charge in [-0.3, -0.25) is 14.4 Å². The molecule has 0 aromatic heterocycles. The Morgan fingerprint density at radius 3 is 2.49 bits per heavy atom. The molecule has 6 heteroatoms. The van der Waals surface area contributed by atoms with Crippen molar-refractivity contribution < 1.29 is 19.1 Å². The van der Waals surface area contributed by atoms with Crippen molar-refractivity contribution in [2.24, 2.45) is 5.92 Å². The fourth-order valence-electron chi connectivity index (χ4n) is 4.82. The van der Waals surface area contributed by atoms with E-state index >= 15 is 0 Å². The average molecular weight is 475 g/mol. The lowest BCUT2D eigenvalue weighted by Crippen LogP contribution is -2.40. The van der Waals surface area contributed by atoms with E-state index in [4.69, 9.17) is 4.74 Å². The third-order valence-corrected chi connectivity index (χ3v) is 6.95. The normalized spacial score (nSPS) is 17.0. The summed E-state index contributed by atoms with van der Waals surface area (Å²) < 4.78 is 5.30. The quantitative estimate of drug-likeness (QED) is 0.481. The Morgan fingerprint density at radius 1 is 1.03 bits per heavy atom. The lowest BCUT2D eigenvalue weighted by molar-refractivity contribution is -0.154. The number of piperidine rings is 1. The Labute approximate surface area is 207 Å². The van der Waals surface area contributed by atoms with Crippen LogP contribution in [0.3, 0.4) is 0 Å². The van der Waals surface area contributed by atoms with Crippen molar-refractivity contribution in [1.29, 1.82) is 0 Å². The third-order valence-electron chi connectivity index (χ3n) is 6.95. The number of hydrogen-bond donors (Lipinski definition) is 1. The molecule has 4 rings (SSSR count). The molecule has 1 aliphatic carbocycles. The summed E-state index contributed by atoms with van der Waals surface area (Å²) in [5.74, 6) is -1.02. The topological polar surface area (TPSA) is 75.7 Å². The predicted molar refractivity (Wildman–Crippen MR) is 135 cm³/mol. The average Bonchev–Trinajstić information content (AvgIpc) is 2.90. The molecule has 184 valence electrons. The summed E-state index contributed by atoms with van der Waals surface area (Å²) in [5.41, 5.74) is 4.83. The van der Waals surface area contributed by atoms with Crippen LogP contribution in [0.15, 0.2) is 54.6 Å². The van der Waals surface area contributed by atoms with E-state index in [2.05, 4.69) is 23.5 Å². The Hall–Kier alpha value is -3.41. The lowest BCUT2D eigenvalue weighted by atomic mass is 9.89. The Kier molecular flexibility index (Phi) is 8.35. The second-order valence-electron chi connectivity index (χ2n) is 9.48. The van der Waals surface area contributed by atoms with Gasteiger partial charge in [-0.2, -0.15) is 0 Å². The maximum Gasteiger partial charge on any atom is 0.309 e. The first kappa shape index (κ1) is 24.7. The van der Waals surface area contributed by atoms with Gasteiger partial charge in [0.1, 0.15) is 0 Å². The molecule has 1 aliphatic heterocycles. The van der Waals surface area contributed by atoms with Crippen molar-refractivity contribution in [2.45, 2.75) is 51.5 Å². The molecule has 2 aromatic rings. The molecule has 1 heterocycles. The fourth-order valence-corrected chi connectivity index (χ4v) is 4.82. The number of nitrogens with zero attached hydrogens (tertiary/aromatic N) is 1. The van der Waals surface area contributed by atoms with Gasteiger partial charge in [-0.15, -0.1) is 0 Å². The monoisotopic (exact) mass is 474 g/mol. The highest BCUT2D eigenvalue weighted by atomic mass is 16.5. The molecule has 0 saturated carbocycles. The summed E-state index contributed by atoms with van der Waals surface area (Å²) in [7, 11) is 0. The number of ether oxygens (including phenoxy) is 1. The van der Waals surface area contributed by atoms with Crippen LogP contribution in [0, 0.1) is 5.92 Å². The van der Waals surface area contributed by atoms with Crippen LogP contribution in [0.25, 0.3) is 6.08 Å². The van der Waals surface area contributed by atoms with Crippen LogP contribution in [0.2, 0.25) is 0 Å². The fraction of sp³-hybridized carbons (Fsp3) is 0.414. The molecule has 1 fully saturated rings. The van der Waals surface area contributed by atoms with E-state index < -0.39 is 0 Å². The number of hydrogen-bond acceptors (Lipinski definition) is 4. The highest BCUT2D eigenvalue weighted by molar-refractivity contribution is 5.92. The van der Waals surface area contributed by atoms with Crippen LogP contribution in [0.5, 0.6) is 0 Å². The van der Waals surface area contributed by atoms with Crippen molar-refractivity contribution in [2.75, 3.05) is 19.7 Å². The summed E-state index contributed by atoms with van der Waals surface area (Å²) in [4.78, 5) is 39.0. The summed E-state index contributed by atoms with van der Waals surface area (Å²) in [6, 6.07) is 16.0. The minimum atomic E-state index is -0.367. The zero-order valence-electron chi connectivity index (χ0n) is 20.4. The highest BCUT2D eigenvalue weighted by Gasteiger charge is 2.28. The lowest BCUT2D eigenvalue weighted by Gasteiger charge is -2.30. The van der Waals surface area contributed by atoms with E-state index in [0.29, 0.717) is 25.9 Å². The van der Waals surface area contributed by atoms with Gasteiger partial charge in [-0.05, 0) is 73.8 Å². The van der Waals surface area contributed by atoms with E-state index in [-0.39, 0.29) is 36.4 Å². The van der Waals surface area contributed by atoms with Crippen LogP contribution in [0.1, 0.15) is 60.9 Å². The number of carbonyl (C=O) groups is 3. The van der Waals surface area contributed by atoms with Gasteiger partial charge in [0.05, 0.1) is 12.0 Å². The molecule has 0 bridgehead atoms. The number of carbonyl (C=O) groups excluding carboxylic acids is 3. The number of esters is 1. The first-order valence-corrected chi connectivity index (χ1v) is 12.6. The van der Waals surface area contributed by atoms with Gasteiger partial charge >= 0.3 is 5.97 Å². The van der Waals surface area contributed by atoms with Gasteiger partial charge in [0.25, 0.3) is 5.91 Å². The van der Waals surface area contributed by atoms with E-state index in [1.807, 2.05) is 37.3 Å². The molecule has 1 atom stereocenters. The number of benzene rings is 2. The van der Waals surface area contributed by atoms with Crippen LogP contribution >= 0.6 is 0 Å². The zero-order chi connectivity index (χ0) is 24.6. The van der Waals surface area contributed by atoms with Crippen molar-refractivity contribution in [3.63, 3.8) is 0 Å². The molecule has 6 nitrogen and oxygen atoms in total. The molecule has 2 amide bonds. The molecular weight excluding hydrogens is 440 g/mol. The molecule has 0 spiro atoms. The van der Waals surface area contributed by atoms with Gasteiger partial charge in [0, 0.05) is 19.2 Å². The zero-order valence-corrected chi connectivity index (χ0v) is 20.4. The molecule has 1 unspecified atom stereocenters. The predicted octanol–water partition coefficient (Wildman–Crippen LogP) is 4.24. The Balaban J connectivity index is 1.18. The van der Waals surface area contributed by atoms with Crippen molar-refractivity contribution in [1.82, 2.24) is 10.2 Å². The molecule has 1 N–H and O–H groups in total. The number of fused-ring (bicyclic) bond motifs is 1. The molecule has 35 heavy (non-hydrogen) atoms. The summed E-state index contributed by atoms with van der Waals surface area (Å²) in [6.45, 7) is 2.66. The van der Waals surface area contributed by atoms with Gasteiger partial charge in [-0.25, -0.2) is 0 Å². The van der Waals surface area contributed by atoms with Crippen LogP contribution in [-0.2, 0) is 32.0 Å². The Morgan fingerprint density at radius 2 is 1.74 bits per heavy atom. The maximum absolute atomic E-state index is 12.5. The number of aryl methyl sites for hydroxylation is 2. The number of amides is 2. The molecule has 2 aromatic carbocycles. The number of likely N-dealkylation sites (tertiary alicyclic amines) is 1. The highest BCUT2D eigenvalue weighted by Crippen LogP contribution is 2.25. The third kappa shape index (κ3) is 6.81. The first-order valence-electron chi connectivity index (χ1n) is 12.6. The number of rotatable bonds is 7. The van der Waals surface area contributed by atoms with Gasteiger partial charge in [-0.1, -0.05) is 48.5 Å². The van der Waals surface area contributed by atoms with E-state index in [1.54, 1.807) is 17.1 Å². The van der Waals surface area contributed by atoms with E-state index in [9.17, 15) is 14.4 Å². The second-order valence-corrected chi connectivity index (χ2v) is 9.48. The standard InChI is InChI=1S/C29H34N2O4/c1-21(25-13-12-23-9-5-6-10-26(23)19-25)30-27(32)20-35-29(34)24-15-17-31(18-16-24)28(33)14-11-22-7-3-2-4-8-22/h2-4,7-8,11-14,19,21,24H,5-6,9-10,15-18,20H2,1H3,(H,30,32)/b14-11+. The minimum Gasteiger partial charge on any atom is -0.455 e. The Bertz CT molecular complexity index is 1070. The summed E-state index contributed by atoms with van der Waals surface area (Å²) >= 11 is 0. The maximum atomic E-state index is 12.5. The summed E-state index contributed by atoms with van der Waals surface area (Å²) in [5, 5.41) is 2.93. The minimum absolute atomic E-state index is 0.0591. The number of nitrogens with one attached hydrogen (secondary N) is 1. The SMILES string of the molecule is CC(NC(=O)COC(=O)C1CCN(C(=O)/C=C/c2ccccc2)CC1)c1ccc2c(c1)CCCC2. The largest absolute Gasteiger partial charge is 0.455 e. The first-order chi connectivity index (χ1) is 17.0. The molecular formula is C29H34N2O4. The summed E-state index contributed by atoms with van der Waals surface area (Å²) in [6.07, 6.45) is 9.12.